The maximum atomic E-state index is 13.2. The molecule has 184 valence electrons. The molecule has 2 aromatic rings. The Hall–Kier alpha value is -2.09. The van der Waals surface area contributed by atoms with E-state index in [0.717, 1.165) is 0 Å². The van der Waals surface area contributed by atoms with Gasteiger partial charge in [0.15, 0.2) is 5.13 Å². The number of aliphatic carboxylic acids is 1. The van der Waals surface area contributed by atoms with E-state index in [1.165, 1.54) is 34.9 Å². The third-order valence-electron chi connectivity index (χ3n) is 5.64. The van der Waals surface area contributed by atoms with Gasteiger partial charge in [-0.05, 0) is 23.8 Å². The fourth-order valence-electron chi connectivity index (χ4n) is 3.75. The van der Waals surface area contributed by atoms with E-state index in [1.807, 2.05) is 0 Å². The van der Waals surface area contributed by atoms with Crippen LogP contribution in [-0.2, 0) is 23.9 Å². The van der Waals surface area contributed by atoms with Crippen molar-refractivity contribution in [2.24, 2.45) is 5.41 Å². The van der Waals surface area contributed by atoms with Gasteiger partial charge < -0.3 is 30.6 Å². The van der Waals surface area contributed by atoms with Crippen molar-refractivity contribution in [2.45, 2.75) is 18.3 Å². The number of nitrogens with two attached hydrogens (primary N) is 1. The van der Waals surface area contributed by atoms with Crippen molar-refractivity contribution in [1.29, 1.82) is 0 Å². The number of esters is 1. The number of nitrogens with zero attached hydrogens (tertiary/aromatic N) is 2. The predicted molar refractivity (Wildman–Crippen MR) is 130 cm³/mol. The number of aromatic nitrogens is 1. The Balaban J connectivity index is 0.00000361. The molecule has 2 aliphatic heterocycles. The van der Waals surface area contributed by atoms with Crippen molar-refractivity contribution in [3.05, 3.63) is 45.9 Å². The van der Waals surface area contributed by atoms with E-state index in [1.54, 1.807) is 35.7 Å². The number of hydrogen-bond donors (Lipinski definition) is 2. The number of nitrogens with one attached hydrogen (secondary N) is 1. The fourth-order valence-corrected chi connectivity index (χ4v) is 5.96. The Morgan fingerprint density at radius 3 is 2.64 bits per heavy atom. The van der Waals surface area contributed by atoms with Gasteiger partial charge in [-0.3, -0.25) is 14.4 Å². The molecule has 3 heterocycles. The van der Waals surface area contributed by atoms with Crippen LogP contribution >= 0.6 is 34.7 Å². The van der Waals surface area contributed by atoms with Crippen molar-refractivity contribution in [2.75, 3.05) is 24.6 Å². The number of ether oxygens (including phenoxy) is 1. The monoisotopic (exact) mass is 558 g/mol. The van der Waals surface area contributed by atoms with Gasteiger partial charge >= 0.3 is 35.5 Å². The number of halogens is 1. The second kappa shape index (κ2) is 11.5. The van der Waals surface area contributed by atoms with E-state index in [9.17, 15) is 24.3 Å². The number of carbonyl (C=O) groups excluding carboxylic acids is 4. The maximum absolute atomic E-state index is 13.2. The van der Waals surface area contributed by atoms with Crippen LogP contribution in [0.15, 0.2) is 29.6 Å². The van der Waals surface area contributed by atoms with Crippen molar-refractivity contribution in [1.82, 2.24) is 15.2 Å². The number of thiazole rings is 1. The normalized spacial score (nSPS) is 23.1. The summed E-state index contributed by atoms with van der Waals surface area (Å²) in [6.07, 6.45) is 1.62. The standard InChI is InChI=1S/C22H21ClN4O6S2.Na/c1-11(28)33-9-22(20(31)32)8-27-18(30)16(19(27)35-10-22)26-17(29)14(15-7-34-21(24)25-15)6-12-2-4-13(23)5-3-12;/h2-7,16,19H,8-10H2,1H3,(H2,24,25)(H,26,29)(H,31,32);/q;+1/p-1/t16?,19-,22?;/m1./s1. The van der Waals surface area contributed by atoms with Gasteiger partial charge in [-0.25, -0.2) is 4.98 Å². The molecule has 1 aromatic carbocycles. The average molecular weight is 559 g/mol. The summed E-state index contributed by atoms with van der Waals surface area (Å²) in [5.74, 6) is -2.94. The summed E-state index contributed by atoms with van der Waals surface area (Å²) in [6, 6.07) is 5.99. The second-order valence-electron chi connectivity index (χ2n) is 8.15. The molecule has 0 spiro atoms. The van der Waals surface area contributed by atoms with Crippen LogP contribution in [0.2, 0.25) is 5.02 Å². The number of carboxylic acids is 1. The van der Waals surface area contributed by atoms with E-state index in [4.69, 9.17) is 22.1 Å². The van der Waals surface area contributed by atoms with Crippen LogP contribution in [0.5, 0.6) is 0 Å². The fraction of sp³-hybridized carbons (Fsp3) is 0.318. The Kier molecular flexibility index (Phi) is 9.12. The molecule has 36 heavy (non-hydrogen) atoms. The van der Waals surface area contributed by atoms with Crippen LogP contribution in [-0.4, -0.2) is 64.0 Å². The number of rotatable bonds is 7. The first kappa shape index (κ1) is 28.5. The molecular formula is C22H20ClN4NaO6S2. The minimum atomic E-state index is -1.52. The number of carbonyl (C=O) groups is 4. The van der Waals surface area contributed by atoms with Crippen LogP contribution < -0.4 is 45.7 Å². The zero-order valence-electron chi connectivity index (χ0n) is 19.4. The minimum Gasteiger partial charge on any atom is -0.549 e. The van der Waals surface area contributed by atoms with Crippen LogP contribution in [0.4, 0.5) is 5.13 Å². The molecule has 3 N–H and O–H groups in total. The number of benzene rings is 1. The molecule has 4 rings (SSSR count). The second-order valence-corrected chi connectivity index (χ2v) is 10.6. The van der Waals surface area contributed by atoms with Gasteiger partial charge in [0, 0.05) is 29.6 Å². The summed E-state index contributed by atoms with van der Waals surface area (Å²) in [7, 11) is 0. The van der Waals surface area contributed by atoms with Crippen molar-refractivity contribution in [3.63, 3.8) is 0 Å². The summed E-state index contributed by atoms with van der Waals surface area (Å²) >= 11 is 8.30. The molecule has 0 saturated carbocycles. The SMILES string of the molecule is CC(=O)OCC1(C(=O)[O-])CS[C@@H]2C(NC(=O)C(=Cc3ccc(Cl)cc3)c3csc(N)n3)C(=O)N2C1.[Na+]. The number of amides is 2. The quantitative estimate of drug-likeness (QED) is 0.164. The third-order valence-corrected chi connectivity index (χ3v) is 8.15. The molecule has 1 aromatic heterocycles. The Morgan fingerprint density at radius 1 is 1.36 bits per heavy atom. The summed E-state index contributed by atoms with van der Waals surface area (Å²) in [4.78, 5) is 54.6. The summed E-state index contributed by atoms with van der Waals surface area (Å²) in [6.45, 7) is 0.596. The number of hydrogen-bond acceptors (Lipinski definition) is 10. The van der Waals surface area contributed by atoms with Crippen LogP contribution in [0.3, 0.4) is 0 Å². The number of anilines is 1. The number of nitrogen functional groups attached to an aromatic ring is 1. The molecule has 2 fully saturated rings. The van der Waals surface area contributed by atoms with E-state index < -0.39 is 47.2 Å². The van der Waals surface area contributed by atoms with Crippen LogP contribution in [0.1, 0.15) is 18.2 Å². The molecule has 10 nitrogen and oxygen atoms in total. The molecule has 2 amide bonds. The molecule has 3 atom stereocenters. The molecule has 2 unspecified atom stereocenters. The van der Waals surface area contributed by atoms with E-state index in [0.29, 0.717) is 16.3 Å². The number of carboxylic acid groups (broad SMARTS) is 1. The third kappa shape index (κ3) is 5.90. The van der Waals surface area contributed by atoms with Gasteiger partial charge in [0.2, 0.25) is 5.91 Å². The van der Waals surface area contributed by atoms with Gasteiger partial charge in [0.05, 0.1) is 22.7 Å². The zero-order valence-corrected chi connectivity index (χ0v) is 23.7. The first-order valence-electron chi connectivity index (χ1n) is 10.4. The Labute approximate surface area is 241 Å². The van der Waals surface area contributed by atoms with Gasteiger partial charge in [0.1, 0.15) is 18.0 Å². The van der Waals surface area contributed by atoms with Crippen molar-refractivity contribution in [3.8, 4) is 0 Å². The summed E-state index contributed by atoms with van der Waals surface area (Å²) in [5, 5.41) is 16.6. The number of fused-ring (bicyclic) bond motifs is 1. The molecule has 0 aliphatic carbocycles. The van der Waals surface area contributed by atoms with E-state index in [2.05, 4.69) is 10.3 Å². The molecule has 0 bridgehead atoms. The van der Waals surface area contributed by atoms with Gasteiger partial charge in [-0.2, -0.15) is 0 Å². The summed E-state index contributed by atoms with van der Waals surface area (Å²) < 4.78 is 4.91. The first-order valence-corrected chi connectivity index (χ1v) is 12.7. The largest absolute Gasteiger partial charge is 1.00 e. The zero-order chi connectivity index (χ0) is 25.3. The number of β-lactam (4-membered cyclic amide) rings is 1. The maximum Gasteiger partial charge on any atom is 1.00 e. The summed E-state index contributed by atoms with van der Waals surface area (Å²) in [5.41, 5.74) is 5.51. The molecule has 0 radical (unpaired) electrons. The average Bonchev–Trinajstić information content (AvgIpc) is 3.26. The van der Waals surface area contributed by atoms with E-state index >= 15 is 0 Å². The predicted octanol–water partition coefficient (Wildman–Crippen LogP) is -2.38. The minimum absolute atomic E-state index is 0. The van der Waals surface area contributed by atoms with E-state index in [-0.39, 0.29) is 52.6 Å². The van der Waals surface area contributed by atoms with Gasteiger partial charge in [-0.15, -0.1) is 23.1 Å². The Bertz CT molecular complexity index is 1220. The molecule has 14 heteroatoms. The Morgan fingerprint density at radius 2 is 2.06 bits per heavy atom. The van der Waals surface area contributed by atoms with Crippen LogP contribution in [0, 0.1) is 5.41 Å². The van der Waals surface area contributed by atoms with Crippen molar-refractivity contribution < 1.29 is 58.6 Å². The molecule has 2 saturated heterocycles. The first-order chi connectivity index (χ1) is 16.6. The molecular weight excluding hydrogens is 539 g/mol. The van der Waals surface area contributed by atoms with Crippen LogP contribution in [0.25, 0.3) is 11.6 Å². The molecule has 2 aliphatic rings. The smallest absolute Gasteiger partial charge is 0.549 e. The number of thioether (sulfide) groups is 1. The topological polar surface area (TPSA) is 155 Å². The van der Waals surface area contributed by atoms with Crippen molar-refractivity contribution >= 4 is 75.2 Å². The van der Waals surface area contributed by atoms with Gasteiger partial charge in [-0.1, -0.05) is 23.7 Å². The van der Waals surface area contributed by atoms with Gasteiger partial charge in [0.25, 0.3) is 5.91 Å².